The van der Waals surface area contributed by atoms with Crippen molar-refractivity contribution in [1.82, 2.24) is 4.90 Å². The molecule has 2 aliphatic rings. The second-order valence-electron chi connectivity index (χ2n) is 5.84. The van der Waals surface area contributed by atoms with E-state index in [1.54, 1.807) is 4.90 Å². The first-order valence-corrected chi connectivity index (χ1v) is 7.46. The molecule has 0 aromatic heterocycles. The molecule has 0 saturated carbocycles. The maximum Gasteiger partial charge on any atom is 0.410 e. The molecule has 5 heteroatoms. The minimum atomic E-state index is -0.897. The van der Waals surface area contributed by atoms with E-state index in [2.05, 4.69) is 0 Å². The number of nitrogens with zero attached hydrogens (tertiary/aromatic N) is 1. The second kappa shape index (κ2) is 6.03. The van der Waals surface area contributed by atoms with E-state index in [1.807, 2.05) is 30.3 Å². The summed E-state index contributed by atoms with van der Waals surface area (Å²) in [6, 6.07) is 9.42. The summed E-state index contributed by atoms with van der Waals surface area (Å²) >= 11 is 0. The molecule has 1 amide bonds. The molecule has 1 aromatic carbocycles. The van der Waals surface area contributed by atoms with Crippen LogP contribution in [0.15, 0.2) is 30.3 Å². The summed E-state index contributed by atoms with van der Waals surface area (Å²) in [5, 5.41) is 10.5. The van der Waals surface area contributed by atoms with Crippen LogP contribution in [0.2, 0.25) is 0 Å². The third-order valence-corrected chi connectivity index (χ3v) is 4.27. The normalized spacial score (nSPS) is 24.2. The van der Waals surface area contributed by atoms with Crippen molar-refractivity contribution in [3.05, 3.63) is 35.9 Å². The minimum absolute atomic E-state index is 0.191. The number of aliphatic hydroxyl groups is 1. The number of amides is 1. The number of ether oxygens (including phenoxy) is 2. The van der Waals surface area contributed by atoms with E-state index in [4.69, 9.17) is 9.47 Å². The van der Waals surface area contributed by atoms with Gasteiger partial charge in [-0.2, -0.15) is 0 Å². The van der Waals surface area contributed by atoms with Crippen molar-refractivity contribution in [2.45, 2.75) is 37.5 Å². The molecule has 114 valence electrons. The molecule has 2 saturated heterocycles. The van der Waals surface area contributed by atoms with Crippen molar-refractivity contribution in [2.75, 3.05) is 19.8 Å². The highest BCUT2D eigenvalue weighted by Gasteiger charge is 2.49. The third-order valence-electron chi connectivity index (χ3n) is 4.27. The maximum absolute atomic E-state index is 12.3. The Balaban J connectivity index is 1.61. The van der Waals surface area contributed by atoms with Crippen LogP contribution in [0.5, 0.6) is 0 Å². The van der Waals surface area contributed by atoms with Crippen molar-refractivity contribution < 1.29 is 19.4 Å². The SMILES string of the molecule is O=C(OCc1ccccc1)N1CCCCC1C1(O)COC1. The van der Waals surface area contributed by atoms with Gasteiger partial charge in [0.2, 0.25) is 0 Å². The van der Waals surface area contributed by atoms with Crippen LogP contribution in [0.1, 0.15) is 24.8 Å². The van der Waals surface area contributed by atoms with Gasteiger partial charge in [0.05, 0.1) is 19.3 Å². The first-order chi connectivity index (χ1) is 10.2. The molecule has 0 radical (unpaired) electrons. The van der Waals surface area contributed by atoms with Crippen molar-refractivity contribution in [1.29, 1.82) is 0 Å². The molecule has 1 atom stereocenters. The number of piperidine rings is 1. The van der Waals surface area contributed by atoms with Gasteiger partial charge in [0, 0.05) is 6.54 Å². The Labute approximate surface area is 124 Å². The molecule has 0 bridgehead atoms. The number of benzene rings is 1. The zero-order chi connectivity index (χ0) is 14.7. The van der Waals surface area contributed by atoms with Crippen LogP contribution >= 0.6 is 0 Å². The summed E-state index contributed by atoms with van der Waals surface area (Å²) in [5.41, 5.74) is 0.0664. The molecule has 1 N–H and O–H groups in total. The van der Waals surface area contributed by atoms with Crippen LogP contribution in [0.4, 0.5) is 4.79 Å². The van der Waals surface area contributed by atoms with Crippen LogP contribution in [0, 0.1) is 0 Å². The smallest absolute Gasteiger partial charge is 0.410 e. The summed E-state index contributed by atoms with van der Waals surface area (Å²) < 4.78 is 10.5. The molecular weight excluding hydrogens is 270 g/mol. The molecule has 2 fully saturated rings. The minimum Gasteiger partial charge on any atom is -0.445 e. The fraction of sp³-hybridized carbons (Fsp3) is 0.562. The summed E-state index contributed by atoms with van der Waals surface area (Å²) in [5.74, 6) is 0. The molecule has 5 nitrogen and oxygen atoms in total. The van der Waals surface area contributed by atoms with Gasteiger partial charge in [0.25, 0.3) is 0 Å². The number of carbonyl (C=O) groups excluding carboxylic acids is 1. The van der Waals surface area contributed by atoms with Crippen molar-refractivity contribution in [3.63, 3.8) is 0 Å². The van der Waals surface area contributed by atoms with Gasteiger partial charge in [-0.1, -0.05) is 30.3 Å². The predicted molar refractivity (Wildman–Crippen MR) is 76.7 cm³/mol. The molecule has 2 aliphatic heterocycles. The molecule has 1 unspecified atom stereocenters. The molecule has 0 spiro atoms. The largest absolute Gasteiger partial charge is 0.445 e. The maximum atomic E-state index is 12.3. The monoisotopic (exact) mass is 291 g/mol. The number of hydrogen-bond acceptors (Lipinski definition) is 4. The van der Waals surface area contributed by atoms with E-state index in [0.29, 0.717) is 19.8 Å². The number of rotatable bonds is 3. The highest BCUT2D eigenvalue weighted by Crippen LogP contribution is 2.32. The number of likely N-dealkylation sites (tertiary alicyclic amines) is 1. The first kappa shape index (κ1) is 14.4. The molecular formula is C16H21NO4. The lowest BCUT2D eigenvalue weighted by atomic mass is 9.85. The molecule has 21 heavy (non-hydrogen) atoms. The van der Waals surface area contributed by atoms with Gasteiger partial charge in [0.15, 0.2) is 0 Å². The fourth-order valence-corrected chi connectivity index (χ4v) is 3.01. The zero-order valence-electron chi connectivity index (χ0n) is 12.0. The third kappa shape index (κ3) is 3.04. The standard InChI is InChI=1S/C16H21NO4/c18-15(21-10-13-6-2-1-3-7-13)17-9-5-4-8-14(17)16(19)11-20-12-16/h1-3,6-7,14,19H,4-5,8-12H2. The average Bonchev–Trinajstić information content (AvgIpc) is 2.51. The van der Waals surface area contributed by atoms with Gasteiger partial charge in [-0.25, -0.2) is 4.79 Å². The van der Waals surface area contributed by atoms with Crippen LogP contribution < -0.4 is 0 Å². The van der Waals surface area contributed by atoms with Crippen molar-refractivity contribution >= 4 is 6.09 Å². The Kier molecular flexibility index (Phi) is 4.12. The van der Waals surface area contributed by atoms with Gasteiger partial charge >= 0.3 is 6.09 Å². The Morgan fingerprint density at radius 2 is 2.10 bits per heavy atom. The van der Waals surface area contributed by atoms with E-state index < -0.39 is 5.60 Å². The quantitative estimate of drug-likeness (QED) is 0.924. The summed E-state index contributed by atoms with van der Waals surface area (Å²) in [6.45, 7) is 1.51. The summed E-state index contributed by atoms with van der Waals surface area (Å²) in [7, 11) is 0. The van der Waals surface area contributed by atoms with Crippen molar-refractivity contribution in [3.8, 4) is 0 Å². The van der Waals surface area contributed by atoms with Gasteiger partial charge in [-0.3, -0.25) is 0 Å². The average molecular weight is 291 g/mol. The number of hydrogen-bond donors (Lipinski definition) is 1. The van der Waals surface area contributed by atoms with Crippen LogP contribution in [-0.2, 0) is 16.1 Å². The van der Waals surface area contributed by atoms with Crippen LogP contribution in [0.25, 0.3) is 0 Å². The van der Waals surface area contributed by atoms with Gasteiger partial charge < -0.3 is 19.5 Å². The summed E-state index contributed by atoms with van der Waals surface area (Å²) in [4.78, 5) is 14.0. The van der Waals surface area contributed by atoms with E-state index >= 15 is 0 Å². The molecule has 3 rings (SSSR count). The topological polar surface area (TPSA) is 59.0 Å². The molecule has 2 heterocycles. The van der Waals surface area contributed by atoms with Gasteiger partial charge in [-0.15, -0.1) is 0 Å². The van der Waals surface area contributed by atoms with E-state index in [9.17, 15) is 9.90 Å². The zero-order valence-corrected chi connectivity index (χ0v) is 12.0. The number of carbonyl (C=O) groups is 1. The Bertz CT molecular complexity index is 486. The molecule has 1 aromatic rings. The fourth-order valence-electron chi connectivity index (χ4n) is 3.01. The second-order valence-corrected chi connectivity index (χ2v) is 5.84. The van der Waals surface area contributed by atoms with E-state index in [-0.39, 0.29) is 18.7 Å². The lowest BCUT2D eigenvalue weighted by molar-refractivity contribution is -0.213. The Morgan fingerprint density at radius 1 is 1.33 bits per heavy atom. The highest BCUT2D eigenvalue weighted by molar-refractivity contribution is 5.68. The van der Waals surface area contributed by atoms with Crippen LogP contribution in [-0.4, -0.2) is 47.5 Å². The lowest BCUT2D eigenvalue weighted by Gasteiger charge is -2.48. The van der Waals surface area contributed by atoms with E-state index in [1.165, 1.54) is 0 Å². The molecule has 0 aliphatic carbocycles. The van der Waals surface area contributed by atoms with Crippen LogP contribution in [0.3, 0.4) is 0 Å². The Hall–Kier alpha value is -1.59. The van der Waals surface area contributed by atoms with Gasteiger partial charge in [0.1, 0.15) is 12.2 Å². The first-order valence-electron chi connectivity index (χ1n) is 7.46. The van der Waals surface area contributed by atoms with Crippen molar-refractivity contribution in [2.24, 2.45) is 0 Å². The Morgan fingerprint density at radius 3 is 2.76 bits per heavy atom. The predicted octanol–water partition coefficient (Wildman–Crippen LogP) is 1.94. The summed E-state index contributed by atoms with van der Waals surface area (Å²) in [6.07, 6.45) is 2.44. The van der Waals surface area contributed by atoms with Gasteiger partial charge in [-0.05, 0) is 24.8 Å². The van der Waals surface area contributed by atoms with E-state index in [0.717, 1.165) is 24.8 Å². The lowest BCUT2D eigenvalue weighted by Crippen LogP contribution is -2.65. The highest BCUT2D eigenvalue weighted by atomic mass is 16.6.